The summed E-state index contributed by atoms with van der Waals surface area (Å²) in [5.74, 6) is 0.519. The Morgan fingerprint density at radius 2 is 2.10 bits per heavy atom. The molecular formula is C16H20BrClN2S. The number of aromatic nitrogens is 1. The van der Waals surface area contributed by atoms with Gasteiger partial charge in [0.25, 0.3) is 0 Å². The quantitative estimate of drug-likeness (QED) is 0.463. The average molecular weight is 388 g/mol. The van der Waals surface area contributed by atoms with Gasteiger partial charge in [-0.1, -0.05) is 34.1 Å². The molecular weight excluding hydrogens is 368 g/mol. The zero-order chi connectivity index (χ0) is 15.1. The van der Waals surface area contributed by atoms with Crippen molar-refractivity contribution in [3.05, 3.63) is 50.4 Å². The average Bonchev–Trinajstić information content (AvgIpc) is 2.94. The zero-order valence-corrected chi connectivity index (χ0v) is 15.3. The first-order valence-electron chi connectivity index (χ1n) is 7.10. The Morgan fingerprint density at radius 1 is 1.29 bits per heavy atom. The first-order chi connectivity index (χ1) is 10.2. The van der Waals surface area contributed by atoms with Gasteiger partial charge in [-0.25, -0.2) is 4.98 Å². The van der Waals surface area contributed by atoms with E-state index >= 15 is 0 Å². The lowest BCUT2D eigenvalue weighted by Gasteiger charge is -2.17. The van der Waals surface area contributed by atoms with E-state index in [4.69, 9.17) is 11.6 Å². The third-order valence-electron chi connectivity index (χ3n) is 3.31. The number of aryl methyl sites for hydroxylation is 1. The van der Waals surface area contributed by atoms with Gasteiger partial charge in [0, 0.05) is 16.4 Å². The number of nitrogens with zero attached hydrogens (tertiary/aromatic N) is 2. The van der Waals surface area contributed by atoms with Gasteiger partial charge < -0.3 is 4.90 Å². The molecule has 0 aliphatic carbocycles. The summed E-state index contributed by atoms with van der Waals surface area (Å²) in [6, 6.07) is 8.41. The van der Waals surface area contributed by atoms with Gasteiger partial charge in [-0.3, -0.25) is 0 Å². The molecule has 0 amide bonds. The first-order valence-corrected chi connectivity index (χ1v) is 9.31. The molecule has 2 rings (SSSR count). The Balaban J connectivity index is 1.67. The van der Waals surface area contributed by atoms with Crippen molar-refractivity contribution in [2.75, 3.05) is 13.6 Å². The molecule has 21 heavy (non-hydrogen) atoms. The molecule has 0 radical (unpaired) electrons. The number of unbranched alkanes of at least 4 members (excludes halogenated alkanes) is 1. The molecule has 0 saturated heterocycles. The minimum absolute atomic E-state index is 0.519. The SMILES string of the molecule is CN(CCCCc1nc(CCl)cs1)Cc1ccccc1Br. The molecule has 2 nitrogen and oxygen atoms in total. The normalized spacial score (nSPS) is 11.2. The van der Waals surface area contributed by atoms with E-state index in [1.807, 2.05) is 0 Å². The van der Waals surface area contributed by atoms with Gasteiger partial charge in [0.2, 0.25) is 0 Å². The minimum Gasteiger partial charge on any atom is -0.302 e. The second-order valence-corrected chi connectivity index (χ2v) is 7.22. The summed E-state index contributed by atoms with van der Waals surface area (Å²) in [6.45, 7) is 2.09. The summed E-state index contributed by atoms with van der Waals surface area (Å²) in [4.78, 5) is 6.86. The van der Waals surface area contributed by atoms with Crippen LogP contribution in [-0.4, -0.2) is 23.5 Å². The molecule has 0 atom stereocenters. The summed E-state index contributed by atoms with van der Waals surface area (Å²) in [5.41, 5.74) is 2.34. The zero-order valence-electron chi connectivity index (χ0n) is 12.2. The molecule has 0 N–H and O–H groups in total. The summed E-state index contributed by atoms with van der Waals surface area (Å²) in [6.07, 6.45) is 3.43. The van der Waals surface area contributed by atoms with Crippen LogP contribution in [0, 0.1) is 0 Å². The highest BCUT2D eigenvalue weighted by molar-refractivity contribution is 9.10. The van der Waals surface area contributed by atoms with Crippen molar-refractivity contribution in [2.24, 2.45) is 0 Å². The van der Waals surface area contributed by atoms with Gasteiger partial charge in [-0.15, -0.1) is 22.9 Å². The topological polar surface area (TPSA) is 16.1 Å². The largest absolute Gasteiger partial charge is 0.302 e. The highest BCUT2D eigenvalue weighted by Gasteiger charge is 2.05. The lowest BCUT2D eigenvalue weighted by atomic mass is 10.2. The van der Waals surface area contributed by atoms with Crippen LogP contribution in [0.3, 0.4) is 0 Å². The molecule has 0 saturated carbocycles. The van der Waals surface area contributed by atoms with E-state index in [-0.39, 0.29) is 0 Å². The van der Waals surface area contributed by atoms with Crippen LogP contribution in [0.1, 0.15) is 29.1 Å². The molecule has 0 unspecified atom stereocenters. The van der Waals surface area contributed by atoms with E-state index in [2.05, 4.69) is 62.5 Å². The fourth-order valence-electron chi connectivity index (χ4n) is 2.18. The number of hydrogen-bond acceptors (Lipinski definition) is 3. The fourth-order valence-corrected chi connectivity index (χ4v) is 3.66. The van der Waals surface area contributed by atoms with Crippen LogP contribution in [0.2, 0.25) is 0 Å². The number of thiazole rings is 1. The summed E-state index contributed by atoms with van der Waals surface area (Å²) >= 11 is 11.1. The van der Waals surface area contributed by atoms with Gasteiger partial charge in [-0.2, -0.15) is 0 Å². The first kappa shape index (κ1) is 16.9. The molecule has 1 aromatic heterocycles. The lowest BCUT2D eigenvalue weighted by Crippen LogP contribution is -2.19. The Labute approximate surface area is 144 Å². The van der Waals surface area contributed by atoms with Gasteiger partial charge in [-0.05, 0) is 44.5 Å². The van der Waals surface area contributed by atoms with E-state index in [9.17, 15) is 0 Å². The van der Waals surface area contributed by atoms with Gasteiger partial charge >= 0.3 is 0 Å². The molecule has 0 aliphatic heterocycles. The maximum absolute atomic E-state index is 5.77. The van der Waals surface area contributed by atoms with Gasteiger partial charge in [0.05, 0.1) is 16.6 Å². The van der Waals surface area contributed by atoms with Gasteiger partial charge in [0.1, 0.15) is 0 Å². The predicted molar refractivity (Wildman–Crippen MR) is 95.1 cm³/mol. The van der Waals surface area contributed by atoms with Crippen molar-refractivity contribution >= 4 is 38.9 Å². The Bertz CT molecular complexity index is 559. The molecule has 0 spiro atoms. The number of hydrogen-bond donors (Lipinski definition) is 0. The van der Waals surface area contributed by atoms with Crippen LogP contribution < -0.4 is 0 Å². The van der Waals surface area contributed by atoms with Crippen molar-refractivity contribution in [2.45, 2.75) is 31.7 Å². The maximum Gasteiger partial charge on any atom is 0.0928 e. The third kappa shape index (κ3) is 5.70. The van der Waals surface area contributed by atoms with Gasteiger partial charge in [0.15, 0.2) is 0 Å². The van der Waals surface area contributed by atoms with E-state index in [1.54, 1.807) is 11.3 Å². The van der Waals surface area contributed by atoms with Crippen LogP contribution in [0.15, 0.2) is 34.1 Å². The van der Waals surface area contributed by atoms with Crippen LogP contribution in [0.4, 0.5) is 0 Å². The maximum atomic E-state index is 5.77. The minimum atomic E-state index is 0.519. The monoisotopic (exact) mass is 386 g/mol. The fraction of sp³-hybridized carbons (Fsp3) is 0.438. The van der Waals surface area contributed by atoms with Crippen LogP contribution >= 0.6 is 38.9 Å². The second-order valence-electron chi connectivity index (χ2n) is 5.15. The number of alkyl halides is 1. The van der Waals surface area contributed by atoms with Crippen molar-refractivity contribution in [1.82, 2.24) is 9.88 Å². The second kappa shape index (κ2) is 8.89. The Hall–Kier alpha value is -0.420. The summed E-state index contributed by atoms with van der Waals surface area (Å²) in [5, 5.41) is 3.26. The third-order valence-corrected chi connectivity index (χ3v) is 5.32. The molecule has 0 bridgehead atoms. The molecule has 0 fully saturated rings. The van der Waals surface area contributed by atoms with Crippen LogP contribution in [-0.2, 0) is 18.8 Å². The molecule has 0 aliphatic rings. The highest BCUT2D eigenvalue weighted by atomic mass is 79.9. The van der Waals surface area contributed by atoms with Crippen LogP contribution in [0.25, 0.3) is 0 Å². The standard InChI is InChI=1S/C16H20BrClN2S/c1-20(11-13-6-2-3-7-15(13)17)9-5-4-8-16-19-14(10-18)12-21-16/h2-3,6-7,12H,4-5,8-11H2,1H3. The summed E-state index contributed by atoms with van der Waals surface area (Å²) < 4.78 is 1.19. The van der Waals surface area contributed by atoms with E-state index in [0.29, 0.717) is 5.88 Å². The van der Waals surface area contributed by atoms with Crippen molar-refractivity contribution in [3.8, 4) is 0 Å². The number of halogens is 2. The smallest absolute Gasteiger partial charge is 0.0928 e. The number of rotatable bonds is 8. The molecule has 2 aromatic rings. The molecule has 5 heteroatoms. The number of benzene rings is 1. The molecule has 1 aromatic carbocycles. The Morgan fingerprint density at radius 3 is 2.81 bits per heavy atom. The van der Waals surface area contributed by atoms with Crippen molar-refractivity contribution < 1.29 is 0 Å². The van der Waals surface area contributed by atoms with Crippen molar-refractivity contribution in [3.63, 3.8) is 0 Å². The van der Waals surface area contributed by atoms with Crippen LogP contribution in [0.5, 0.6) is 0 Å². The molecule has 114 valence electrons. The summed E-state index contributed by atoms with van der Waals surface area (Å²) in [7, 11) is 2.18. The van der Waals surface area contributed by atoms with Crippen molar-refractivity contribution in [1.29, 1.82) is 0 Å². The van der Waals surface area contributed by atoms with E-state index in [0.717, 1.165) is 25.2 Å². The Kier molecular flexibility index (Phi) is 7.17. The van der Waals surface area contributed by atoms with E-state index < -0.39 is 0 Å². The van der Waals surface area contributed by atoms with E-state index in [1.165, 1.54) is 27.9 Å². The molecule has 1 heterocycles. The lowest BCUT2D eigenvalue weighted by molar-refractivity contribution is 0.318. The predicted octanol–water partition coefficient (Wildman–Crippen LogP) is 5.10. The highest BCUT2D eigenvalue weighted by Crippen LogP contribution is 2.18.